The minimum atomic E-state index is 0.783. The molecule has 0 atom stereocenters. The van der Waals surface area contributed by atoms with Crippen molar-refractivity contribution >= 4 is 11.4 Å². The third-order valence-corrected chi connectivity index (χ3v) is 4.09. The van der Waals surface area contributed by atoms with E-state index in [0.717, 1.165) is 37.7 Å². The van der Waals surface area contributed by atoms with Crippen LogP contribution in [0.3, 0.4) is 0 Å². The van der Waals surface area contributed by atoms with E-state index in [1.165, 1.54) is 16.9 Å². The van der Waals surface area contributed by atoms with Crippen molar-refractivity contribution in [1.29, 1.82) is 0 Å². The van der Waals surface area contributed by atoms with E-state index in [-0.39, 0.29) is 0 Å². The Labute approximate surface area is 126 Å². The zero-order valence-electron chi connectivity index (χ0n) is 13.0. The summed E-state index contributed by atoms with van der Waals surface area (Å²) in [6, 6.07) is 10.7. The Hall–Kier alpha value is -1.94. The highest BCUT2D eigenvalue weighted by molar-refractivity contribution is 5.73. The molecule has 21 heavy (non-hydrogen) atoms. The molecule has 4 heteroatoms. The van der Waals surface area contributed by atoms with Gasteiger partial charge >= 0.3 is 0 Å². The van der Waals surface area contributed by atoms with Gasteiger partial charge in [0.25, 0.3) is 0 Å². The first-order chi connectivity index (χ1) is 10.2. The van der Waals surface area contributed by atoms with Gasteiger partial charge in [0.1, 0.15) is 11.5 Å². The van der Waals surface area contributed by atoms with Gasteiger partial charge in [-0.05, 0) is 37.7 Å². The molecule has 0 amide bonds. The second-order valence-corrected chi connectivity index (χ2v) is 5.68. The van der Waals surface area contributed by atoms with Gasteiger partial charge in [0.2, 0.25) is 0 Å². The molecule has 1 aliphatic rings. The zero-order valence-corrected chi connectivity index (χ0v) is 13.0. The number of para-hydroxylation sites is 2. The number of aryl methyl sites for hydroxylation is 1. The molecule has 0 unspecified atom stereocenters. The summed E-state index contributed by atoms with van der Waals surface area (Å²) in [5.74, 6) is 2.08. The van der Waals surface area contributed by atoms with Crippen molar-refractivity contribution in [2.45, 2.75) is 20.0 Å². The van der Waals surface area contributed by atoms with Crippen molar-refractivity contribution in [2.75, 3.05) is 37.0 Å². The van der Waals surface area contributed by atoms with Crippen LogP contribution in [-0.2, 0) is 13.1 Å². The van der Waals surface area contributed by atoms with Gasteiger partial charge in [0.05, 0.1) is 24.5 Å². The van der Waals surface area contributed by atoms with Gasteiger partial charge in [-0.3, -0.25) is 0 Å². The Bertz CT molecular complexity index is 620. The van der Waals surface area contributed by atoms with Gasteiger partial charge in [0.15, 0.2) is 0 Å². The third-order valence-electron chi connectivity index (χ3n) is 4.09. The van der Waals surface area contributed by atoms with Crippen molar-refractivity contribution in [1.82, 2.24) is 5.32 Å². The van der Waals surface area contributed by atoms with E-state index in [4.69, 9.17) is 4.42 Å². The van der Waals surface area contributed by atoms with Crippen LogP contribution in [0.25, 0.3) is 0 Å². The Kier molecular flexibility index (Phi) is 3.88. The van der Waals surface area contributed by atoms with Crippen LogP contribution in [0.2, 0.25) is 0 Å². The van der Waals surface area contributed by atoms with Crippen LogP contribution in [0, 0.1) is 6.92 Å². The molecule has 2 heterocycles. The van der Waals surface area contributed by atoms with E-state index in [1.807, 2.05) is 7.05 Å². The van der Waals surface area contributed by atoms with Crippen molar-refractivity contribution in [3.8, 4) is 0 Å². The SMILES string of the molecule is CNCc1oc(CN2CCN(C)c3ccccc32)cc1C. The monoisotopic (exact) mass is 285 g/mol. The lowest BCUT2D eigenvalue weighted by Crippen LogP contribution is -2.38. The molecule has 2 aromatic rings. The summed E-state index contributed by atoms with van der Waals surface area (Å²) < 4.78 is 5.98. The van der Waals surface area contributed by atoms with Crippen molar-refractivity contribution in [3.63, 3.8) is 0 Å². The molecule has 112 valence electrons. The van der Waals surface area contributed by atoms with E-state index < -0.39 is 0 Å². The minimum Gasteiger partial charge on any atom is -0.463 e. The van der Waals surface area contributed by atoms with Crippen molar-refractivity contribution in [2.24, 2.45) is 0 Å². The van der Waals surface area contributed by atoms with Crippen LogP contribution in [0.15, 0.2) is 34.7 Å². The summed E-state index contributed by atoms with van der Waals surface area (Å²) in [7, 11) is 4.09. The summed E-state index contributed by atoms with van der Waals surface area (Å²) in [5, 5.41) is 3.15. The van der Waals surface area contributed by atoms with Crippen molar-refractivity contribution in [3.05, 3.63) is 47.4 Å². The predicted molar refractivity (Wildman–Crippen MR) is 87.0 cm³/mol. The largest absolute Gasteiger partial charge is 0.463 e. The molecule has 0 radical (unpaired) electrons. The van der Waals surface area contributed by atoms with Crippen LogP contribution >= 0.6 is 0 Å². The van der Waals surface area contributed by atoms with Crippen LogP contribution in [0.1, 0.15) is 17.1 Å². The van der Waals surface area contributed by atoms with Gasteiger partial charge in [-0.15, -0.1) is 0 Å². The maximum absolute atomic E-state index is 5.98. The number of furan rings is 1. The normalized spacial score (nSPS) is 14.4. The zero-order chi connectivity index (χ0) is 14.8. The molecule has 3 rings (SSSR count). The van der Waals surface area contributed by atoms with Gasteiger partial charge < -0.3 is 19.5 Å². The van der Waals surface area contributed by atoms with Crippen LogP contribution in [0.5, 0.6) is 0 Å². The van der Waals surface area contributed by atoms with Gasteiger partial charge in [-0.2, -0.15) is 0 Å². The highest BCUT2D eigenvalue weighted by atomic mass is 16.3. The number of fused-ring (bicyclic) bond motifs is 1. The van der Waals surface area contributed by atoms with Gasteiger partial charge in [-0.25, -0.2) is 0 Å². The van der Waals surface area contributed by atoms with Crippen LogP contribution < -0.4 is 15.1 Å². The smallest absolute Gasteiger partial charge is 0.123 e. The lowest BCUT2D eigenvalue weighted by atomic mass is 10.1. The maximum atomic E-state index is 5.98. The maximum Gasteiger partial charge on any atom is 0.123 e. The van der Waals surface area contributed by atoms with Crippen LogP contribution in [-0.4, -0.2) is 27.2 Å². The summed E-state index contributed by atoms with van der Waals surface area (Å²) in [5.41, 5.74) is 3.81. The highest BCUT2D eigenvalue weighted by Gasteiger charge is 2.21. The van der Waals surface area contributed by atoms with E-state index in [2.05, 4.69) is 59.4 Å². The second kappa shape index (κ2) is 5.82. The number of rotatable bonds is 4. The fraction of sp³-hybridized carbons (Fsp3) is 0.412. The Morgan fingerprint density at radius 1 is 1.19 bits per heavy atom. The number of hydrogen-bond acceptors (Lipinski definition) is 4. The van der Waals surface area contributed by atoms with E-state index in [9.17, 15) is 0 Å². The number of hydrogen-bond donors (Lipinski definition) is 1. The molecule has 0 fully saturated rings. The molecule has 0 saturated carbocycles. The second-order valence-electron chi connectivity index (χ2n) is 5.68. The summed E-state index contributed by atoms with van der Waals surface area (Å²) >= 11 is 0. The first-order valence-corrected chi connectivity index (χ1v) is 7.47. The lowest BCUT2D eigenvalue weighted by molar-refractivity contribution is 0.448. The molecule has 0 bridgehead atoms. The quantitative estimate of drug-likeness (QED) is 0.936. The van der Waals surface area contributed by atoms with Gasteiger partial charge in [0, 0.05) is 20.1 Å². The first kappa shape index (κ1) is 14.0. The van der Waals surface area contributed by atoms with E-state index in [1.54, 1.807) is 0 Å². The summed E-state index contributed by atoms with van der Waals surface area (Å²) in [4.78, 5) is 4.71. The molecule has 0 saturated heterocycles. The minimum absolute atomic E-state index is 0.783. The van der Waals surface area contributed by atoms with Crippen molar-refractivity contribution < 1.29 is 4.42 Å². The molecule has 0 spiro atoms. The molecule has 1 aromatic carbocycles. The third kappa shape index (κ3) is 2.76. The molecule has 1 aliphatic heterocycles. The predicted octanol–water partition coefficient (Wildman–Crippen LogP) is 2.76. The van der Waals surface area contributed by atoms with E-state index >= 15 is 0 Å². The molecule has 4 nitrogen and oxygen atoms in total. The Balaban J connectivity index is 1.82. The molecule has 0 aliphatic carbocycles. The fourth-order valence-corrected chi connectivity index (χ4v) is 2.92. The molecule has 1 N–H and O–H groups in total. The Morgan fingerprint density at radius 2 is 1.95 bits per heavy atom. The first-order valence-electron chi connectivity index (χ1n) is 7.47. The Morgan fingerprint density at radius 3 is 2.71 bits per heavy atom. The summed E-state index contributed by atoms with van der Waals surface area (Å²) in [6.45, 7) is 5.78. The average molecular weight is 285 g/mol. The number of nitrogens with one attached hydrogen (secondary N) is 1. The van der Waals surface area contributed by atoms with Crippen LogP contribution in [0.4, 0.5) is 11.4 Å². The number of anilines is 2. The number of likely N-dealkylation sites (N-methyl/N-ethyl adjacent to an activating group) is 1. The average Bonchev–Trinajstić information content (AvgIpc) is 2.83. The molecule has 1 aromatic heterocycles. The lowest BCUT2D eigenvalue weighted by Gasteiger charge is -2.36. The highest BCUT2D eigenvalue weighted by Crippen LogP contribution is 2.33. The number of nitrogens with zero attached hydrogens (tertiary/aromatic N) is 2. The summed E-state index contributed by atoms with van der Waals surface area (Å²) in [6.07, 6.45) is 0. The topological polar surface area (TPSA) is 31.7 Å². The number of benzene rings is 1. The van der Waals surface area contributed by atoms with Gasteiger partial charge in [-0.1, -0.05) is 12.1 Å². The molecular formula is C17H23N3O. The molecular weight excluding hydrogens is 262 g/mol. The fourth-order valence-electron chi connectivity index (χ4n) is 2.92. The van der Waals surface area contributed by atoms with E-state index in [0.29, 0.717) is 0 Å². The standard InChI is InChI=1S/C17H23N3O/c1-13-10-14(21-17(13)11-18-2)12-20-9-8-19(3)15-6-4-5-7-16(15)20/h4-7,10,18H,8-9,11-12H2,1-3H3.